The van der Waals surface area contributed by atoms with Gasteiger partial charge in [-0.3, -0.25) is 0 Å². The van der Waals surface area contributed by atoms with Gasteiger partial charge < -0.3 is 44.1 Å². The molecule has 0 fully saturated rings. The third-order valence-corrected chi connectivity index (χ3v) is 3.32. The van der Waals surface area contributed by atoms with E-state index in [2.05, 4.69) is 0 Å². The normalized spacial score (nSPS) is 10.5. The van der Waals surface area contributed by atoms with Crippen molar-refractivity contribution < 1.29 is 95.5 Å². The average molecular weight is 561 g/mol. The minimum absolute atomic E-state index is 0. The molecule has 0 rings (SSSR count). The fourth-order valence-electron chi connectivity index (χ4n) is 1.94. The van der Waals surface area contributed by atoms with E-state index in [9.17, 15) is 5.11 Å². The van der Waals surface area contributed by atoms with Crippen molar-refractivity contribution in [2.75, 3.05) is 65.3 Å². The van der Waals surface area contributed by atoms with Crippen molar-refractivity contribution in [2.45, 2.75) is 92.3 Å². The summed E-state index contributed by atoms with van der Waals surface area (Å²) < 4.78 is 26.5. The van der Waals surface area contributed by atoms with Crippen LogP contribution in [0.5, 0.6) is 0 Å². The maximum absolute atomic E-state index is 10.1. The standard InChI is InChI=1S/C10H22O4.C8H17ClO2.C4H9O.C2H6O2.K/c1-3-13-10(14-4-2)6-5-8-12-9-7-11;1-3-10-8(11-4-2)6-5-7-9;1-4(2,3)5;3-1-2-4;/h10-11H,3-9H2,1-2H3;8H,3-7H2,1-2H3;1-3H3;3-4H,1-2H2;/q;;-1;;+1. The monoisotopic (exact) mass is 560 g/mol. The van der Waals surface area contributed by atoms with Gasteiger partial charge in [0.2, 0.25) is 0 Å². The van der Waals surface area contributed by atoms with E-state index in [1.807, 2.05) is 27.7 Å². The molecule has 0 bridgehead atoms. The van der Waals surface area contributed by atoms with Crippen LogP contribution in [-0.4, -0.2) is 98.8 Å². The predicted molar refractivity (Wildman–Crippen MR) is 135 cm³/mol. The minimum Gasteiger partial charge on any atom is -0.850 e. The summed E-state index contributed by atoms with van der Waals surface area (Å²) in [6.45, 7) is 16.4. The van der Waals surface area contributed by atoms with E-state index in [1.165, 1.54) is 0 Å². The van der Waals surface area contributed by atoms with Gasteiger partial charge in [0.15, 0.2) is 12.6 Å². The first-order valence-corrected chi connectivity index (χ1v) is 12.8. The van der Waals surface area contributed by atoms with Crippen LogP contribution >= 0.6 is 11.6 Å². The SMILES string of the molecule is CC(C)(C)[O-].CCOC(CCCCl)OCC.CCOC(CCCOCCO)OCC.OCCO.[K+]. The molecule has 11 heteroatoms. The molecule has 0 atom stereocenters. The van der Waals surface area contributed by atoms with Crippen LogP contribution in [0.2, 0.25) is 0 Å². The molecule has 0 saturated carbocycles. The number of hydrogen-bond donors (Lipinski definition) is 3. The number of ether oxygens (including phenoxy) is 5. The number of rotatable bonds is 18. The van der Waals surface area contributed by atoms with Crippen molar-refractivity contribution >= 4 is 11.6 Å². The zero-order valence-electron chi connectivity index (χ0n) is 23.7. The second-order valence-electron chi connectivity index (χ2n) is 7.55. The third-order valence-electron chi connectivity index (χ3n) is 3.05. The van der Waals surface area contributed by atoms with Gasteiger partial charge in [0.25, 0.3) is 0 Å². The molecule has 9 nitrogen and oxygen atoms in total. The van der Waals surface area contributed by atoms with Gasteiger partial charge in [-0.25, -0.2) is 0 Å². The summed E-state index contributed by atoms with van der Waals surface area (Å²) in [5.41, 5.74) is -0.750. The summed E-state index contributed by atoms with van der Waals surface area (Å²) in [7, 11) is 0. The molecule has 0 heterocycles. The summed E-state index contributed by atoms with van der Waals surface area (Å²) in [5, 5.41) is 33.8. The van der Waals surface area contributed by atoms with Crippen molar-refractivity contribution in [3.8, 4) is 0 Å². The zero-order chi connectivity index (χ0) is 27.1. The van der Waals surface area contributed by atoms with E-state index in [0.29, 0.717) is 45.5 Å². The van der Waals surface area contributed by atoms with Crippen LogP contribution in [0.25, 0.3) is 0 Å². The summed E-state index contributed by atoms with van der Waals surface area (Å²) in [6.07, 6.45) is 3.42. The van der Waals surface area contributed by atoms with Crippen LogP contribution in [0.1, 0.15) is 74.1 Å². The molecule has 0 aromatic carbocycles. The first kappa shape index (κ1) is 46.4. The summed E-state index contributed by atoms with van der Waals surface area (Å²) in [6, 6.07) is 0. The van der Waals surface area contributed by atoms with Gasteiger partial charge in [-0.05, 0) is 47.0 Å². The molecule has 0 spiro atoms. The van der Waals surface area contributed by atoms with Crippen molar-refractivity contribution in [2.24, 2.45) is 0 Å². The van der Waals surface area contributed by atoms with Crippen LogP contribution in [0.3, 0.4) is 0 Å². The molecule has 0 aromatic rings. The first-order valence-electron chi connectivity index (χ1n) is 12.2. The van der Waals surface area contributed by atoms with E-state index in [0.717, 1.165) is 25.7 Å². The topological polar surface area (TPSA) is 130 Å². The van der Waals surface area contributed by atoms with E-state index in [4.69, 9.17) is 50.6 Å². The van der Waals surface area contributed by atoms with E-state index in [-0.39, 0.29) is 83.8 Å². The summed E-state index contributed by atoms with van der Waals surface area (Å²) in [5.74, 6) is 0.677. The van der Waals surface area contributed by atoms with Crippen molar-refractivity contribution in [1.82, 2.24) is 0 Å². The fraction of sp³-hybridized carbons (Fsp3) is 1.00. The molecule has 0 aliphatic carbocycles. The van der Waals surface area contributed by atoms with E-state index >= 15 is 0 Å². The summed E-state index contributed by atoms with van der Waals surface area (Å²) in [4.78, 5) is 0. The molecular formula is C24H54ClKO9. The molecular weight excluding hydrogens is 507 g/mol. The van der Waals surface area contributed by atoms with Crippen LogP contribution in [0.15, 0.2) is 0 Å². The zero-order valence-corrected chi connectivity index (χ0v) is 27.6. The fourth-order valence-corrected chi connectivity index (χ4v) is 2.09. The number of aliphatic hydroxyl groups excluding tert-OH is 3. The number of aliphatic hydroxyl groups is 3. The van der Waals surface area contributed by atoms with E-state index < -0.39 is 5.60 Å². The second kappa shape index (κ2) is 40.1. The van der Waals surface area contributed by atoms with Gasteiger partial charge in [0.1, 0.15) is 0 Å². The van der Waals surface area contributed by atoms with Crippen molar-refractivity contribution in [3.05, 3.63) is 0 Å². The van der Waals surface area contributed by atoms with Crippen LogP contribution in [0, 0.1) is 0 Å². The Morgan fingerprint density at radius 2 is 1.03 bits per heavy atom. The quantitative estimate of drug-likeness (QED) is 0.0895. The van der Waals surface area contributed by atoms with Gasteiger partial charge in [-0.1, -0.05) is 20.8 Å². The van der Waals surface area contributed by atoms with Crippen LogP contribution in [-0.2, 0) is 23.7 Å². The Kier molecular flexibility index (Phi) is 53.1. The van der Waals surface area contributed by atoms with Gasteiger partial charge in [-0.2, -0.15) is 0 Å². The predicted octanol–water partition coefficient (Wildman–Crippen LogP) is -0.301. The third kappa shape index (κ3) is 61.3. The van der Waals surface area contributed by atoms with Gasteiger partial charge >= 0.3 is 51.4 Å². The van der Waals surface area contributed by atoms with Crippen LogP contribution < -0.4 is 56.5 Å². The number of hydrogen-bond acceptors (Lipinski definition) is 9. The Balaban J connectivity index is -0.000000127. The molecule has 0 aliphatic rings. The molecule has 0 aromatic heterocycles. The smallest absolute Gasteiger partial charge is 0.850 e. The molecule has 0 unspecified atom stereocenters. The Bertz CT molecular complexity index is 319. The van der Waals surface area contributed by atoms with Crippen LogP contribution in [0.4, 0.5) is 0 Å². The largest absolute Gasteiger partial charge is 1.00 e. The van der Waals surface area contributed by atoms with E-state index in [1.54, 1.807) is 20.8 Å². The minimum atomic E-state index is -0.750. The molecule has 3 N–H and O–H groups in total. The maximum Gasteiger partial charge on any atom is 1.00 e. The molecule has 212 valence electrons. The molecule has 0 radical (unpaired) electrons. The van der Waals surface area contributed by atoms with Crippen molar-refractivity contribution in [3.63, 3.8) is 0 Å². The van der Waals surface area contributed by atoms with Gasteiger partial charge in [0, 0.05) is 45.3 Å². The second-order valence-corrected chi connectivity index (χ2v) is 7.93. The van der Waals surface area contributed by atoms with Crippen molar-refractivity contribution in [1.29, 1.82) is 0 Å². The number of halogens is 1. The summed E-state index contributed by atoms with van der Waals surface area (Å²) >= 11 is 5.53. The maximum atomic E-state index is 10.1. The molecule has 35 heavy (non-hydrogen) atoms. The average Bonchev–Trinajstić information content (AvgIpc) is 2.77. The molecule has 0 saturated heterocycles. The Hall–Kier alpha value is 1.57. The Morgan fingerprint density at radius 3 is 1.29 bits per heavy atom. The molecule has 0 amide bonds. The Labute approximate surface area is 262 Å². The van der Waals surface area contributed by atoms with Gasteiger partial charge in [0.05, 0.1) is 26.4 Å². The molecule has 0 aliphatic heterocycles. The number of alkyl halides is 1. The first-order chi connectivity index (χ1) is 16.1. The van der Waals surface area contributed by atoms with Gasteiger partial charge in [-0.15, -0.1) is 17.2 Å². The Morgan fingerprint density at radius 1 is 0.686 bits per heavy atom.